The third-order valence-electron chi connectivity index (χ3n) is 1.84. The van der Waals surface area contributed by atoms with E-state index < -0.39 is 0 Å². The Balaban J connectivity index is 2.58. The van der Waals surface area contributed by atoms with E-state index in [0.29, 0.717) is 6.04 Å². The van der Waals surface area contributed by atoms with Gasteiger partial charge in [0.2, 0.25) is 0 Å². The quantitative estimate of drug-likeness (QED) is 0.777. The molecule has 0 unspecified atom stereocenters. The molecular formula is C9H15IN2. The lowest BCUT2D eigenvalue weighted by molar-refractivity contribution is 0.397. The minimum Gasteiger partial charge on any atom is -0.269 e. The van der Waals surface area contributed by atoms with Crippen LogP contribution in [0.4, 0.5) is 0 Å². The molecule has 2 nitrogen and oxygen atoms in total. The average molecular weight is 278 g/mol. The van der Waals surface area contributed by atoms with E-state index in [1.807, 2.05) is 10.7 Å². The highest BCUT2D eigenvalue weighted by atomic mass is 127. The molecule has 3 heteroatoms. The lowest BCUT2D eigenvalue weighted by Crippen LogP contribution is -2.08. The van der Waals surface area contributed by atoms with E-state index in [1.165, 1.54) is 6.42 Å². The molecule has 1 aromatic heterocycles. The molecule has 68 valence electrons. The second-order valence-corrected chi connectivity index (χ2v) is 4.70. The predicted octanol–water partition coefficient (Wildman–Crippen LogP) is 3.09. The number of aromatic nitrogens is 2. The summed E-state index contributed by atoms with van der Waals surface area (Å²) in [6, 6.07) is 2.56. The third-order valence-corrected chi connectivity index (χ3v) is 2.42. The van der Waals surface area contributed by atoms with Crippen molar-refractivity contribution >= 4 is 22.6 Å². The minimum absolute atomic E-state index is 0.522. The normalized spacial score (nSPS) is 13.8. The summed E-state index contributed by atoms with van der Waals surface area (Å²) in [5.74, 6) is 0.738. The van der Waals surface area contributed by atoms with Gasteiger partial charge in [-0.3, -0.25) is 4.68 Å². The molecule has 0 aliphatic heterocycles. The van der Waals surface area contributed by atoms with Crippen molar-refractivity contribution in [1.82, 2.24) is 9.78 Å². The van der Waals surface area contributed by atoms with Crippen LogP contribution in [0.2, 0.25) is 0 Å². The van der Waals surface area contributed by atoms with Gasteiger partial charge < -0.3 is 0 Å². The molecule has 0 aliphatic carbocycles. The molecule has 0 bridgehead atoms. The summed E-state index contributed by atoms with van der Waals surface area (Å²) >= 11 is 2.24. The maximum atomic E-state index is 4.37. The maximum Gasteiger partial charge on any atom is 0.123 e. The van der Waals surface area contributed by atoms with Gasteiger partial charge in [0.1, 0.15) is 3.70 Å². The van der Waals surface area contributed by atoms with Crippen molar-refractivity contribution < 1.29 is 0 Å². The molecule has 1 rings (SSSR count). The van der Waals surface area contributed by atoms with E-state index in [9.17, 15) is 0 Å². The van der Waals surface area contributed by atoms with E-state index >= 15 is 0 Å². The number of nitrogens with zero attached hydrogens (tertiary/aromatic N) is 2. The van der Waals surface area contributed by atoms with Crippen molar-refractivity contribution in [2.24, 2.45) is 5.92 Å². The zero-order valence-electron chi connectivity index (χ0n) is 7.79. The Labute approximate surface area is 87.5 Å². The van der Waals surface area contributed by atoms with Gasteiger partial charge in [0.05, 0.1) is 0 Å². The first-order valence-corrected chi connectivity index (χ1v) is 5.38. The van der Waals surface area contributed by atoms with Crippen molar-refractivity contribution in [2.75, 3.05) is 0 Å². The predicted molar refractivity (Wildman–Crippen MR) is 59.1 cm³/mol. The highest BCUT2D eigenvalue weighted by Gasteiger charge is 2.07. The molecule has 1 aromatic rings. The molecule has 1 atom stereocenters. The van der Waals surface area contributed by atoms with E-state index in [1.54, 1.807) is 0 Å². The first kappa shape index (κ1) is 10.0. The third kappa shape index (κ3) is 2.77. The molecule has 0 aromatic carbocycles. The van der Waals surface area contributed by atoms with Crippen molar-refractivity contribution in [2.45, 2.75) is 33.2 Å². The largest absolute Gasteiger partial charge is 0.269 e. The van der Waals surface area contributed by atoms with Gasteiger partial charge in [-0.05, 0) is 47.9 Å². The van der Waals surface area contributed by atoms with Gasteiger partial charge in [-0.15, -0.1) is 0 Å². The van der Waals surface area contributed by atoms with Crippen LogP contribution in [0.5, 0.6) is 0 Å². The van der Waals surface area contributed by atoms with Gasteiger partial charge in [-0.1, -0.05) is 13.8 Å². The number of rotatable bonds is 3. The van der Waals surface area contributed by atoms with Crippen LogP contribution in [0.1, 0.15) is 33.2 Å². The van der Waals surface area contributed by atoms with Crippen LogP contribution in [-0.4, -0.2) is 9.78 Å². The van der Waals surface area contributed by atoms with E-state index in [2.05, 4.69) is 54.7 Å². The highest BCUT2D eigenvalue weighted by molar-refractivity contribution is 14.1. The lowest BCUT2D eigenvalue weighted by atomic mass is 10.1. The van der Waals surface area contributed by atoms with Gasteiger partial charge in [-0.25, -0.2) is 0 Å². The highest BCUT2D eigenvalue weighted by Crippen LogP contribution is 2.16. The number of halogens is 1. The molecular weight excluding hydrogens is 263 g/mol. The van der Waals surface area contributed by atoms with Crippen LogP contribution >= 0.6 is 22.6 Å². The van der Waals surface area contributed by atoms with Crippen molar-refractivity contribution in [3.05, 3.63) is 16.0 Å². The van der Waals surface area contributed by atoms with Crippen LogP contribution in [0.25, 0.3) is 0 Å². The lowest BCUT2D eigenvalue weighted by Gasteiger charge is -2.13. The Morgan fingerprint density at radius 3 is 2.58 bits per heavy atom. The average Bonchev–Trinajstić information content (AvgIpc) is 2.34. The maximum absolute atomic E-state index is 4.37. The van der Waals surface area contributed by atoms with Crippen molar-refractivity contribution in [3.63, 3.8) is 0 Å². The molecule has 0 amide bonds. The summed E-state index contributed by atoms with van der Waals surface area (Å²) in [6.45, 7) is 6.69. The summed E-state index contributed by atoms with van der Waals surface area (Å²) in [5.41, 5.74) is 0. The molecule has 0 aliphatic rings. The topological polar surface area (TPSA) is 17.8 Å². The smallest absolute Gasteiger partial charge is 0.123 e. The van der Waals surface area contributed by atoms with Gasteiger partial charge in [0.25, 0.3) is 0 Å². The fourth-order valence-corrected chi connectivity index (χ4v) is 1.76. The van der Waals surface area contributed by atoms with Gasteiger partial charge in [-0.2, -0.15) is 5.10 Å². The zero-order valence-corrected chi connectivity index (χ0v) is 9.95. The Morgan fingerprint density at radius 1 is 1.50 bits per heavy atom. The molecule has 0 saturated carbocycles. The summed E-state index contributed by atoms with van der Waals surface area (Å²) in [4.78, 5) is 0. The molecule has 0 fully saturated rings. The summed E-state index contributed by atoms with van der Waals surface area (Å²) in [7, 11) is 0. The number of hydrogen-bond donors (Lipinski definition) is 0. The summed E-state index contributed by atoms with van der Waals surface area (Å²) in [6.07, 6.45) is 3.24. The van der Waals surface area contributed by atoms with Gasteiger partial charge >= 0.3 is 0 Å². The number of hydrogen-bond acceptors (Lipinski definition) is 1. The molecule has 0 N–H and O–H groups in total. The zero-order chi connectivity index (χ0) is 9.14. The van der Waals surface area contributed by atoms with E-state index in [-0.39, 0.29) is 0 Å². The van der Waals surface area contributed by atoms with Crippen LogP contribution in [-0.2, 0) is 0 Å². The molecule has 0 saturated heterocycles. The van der Waals surface area contributed by atoms with Crippen LogP contribution in [0.3, 0.4) is 0 Å². The van der Waals surface area contributed by atoms with Crippen LogP contribution < -0.4 is 0 Å². The van der Waals surface area contributed by atoms with Crippen LogP contribution in [0.15, 0.2) is 12.3 Å². The standard InChI is InChI=1S/C9H15IN2/c1-7(2)6-8(3)12-5-4-9(10)11-12/h4-5,7-8H,6H2,1-3H3/t8-/m0/s1. The first-order valence-electron chi connectivity index (χ1n) is 4.30. The van der Waals surface area contributed by atoms with Crippen molar-refractivity contribution in [3.8, 4) is 0 Å². The first-order chi connectivity index (χ1) is 5.59. The molecule has 1 heterocycles. The van der Waals surface area contributed by atoms with Crippen molar-refractivity contribution in [1.29, 1.82) is 0 Å². The second-order valence-electron chi connectivity index (χ2n) is 3.60. The molecule has 0 radical (unpaired) electrons. The minimum atomic E-state index is 0.522. The van der Waals surface area contributed by atoms with E-state index in [0.717, 1.165) is 9.62 Å². The molecule has 12 heavy (non-hydrogen) atoms. The fraction of sp³-hybridized carbons (Fsp3) is 0.667. The van der Waals surface area contributed by atoms with E-state index in [4.69, 9.17) is 0 Å². The fourth-order valence-electron chi connectivity index (χ4n) is 1.35. The molecule has 0 spiro atoms. The Hall–Kier alpha value is -0.0600. The SMILES string of the molecule is CC(C)C[C@H](C)n1ccc(I)n1. The summed E-state index contributed by atoms with van der Waals surface area (Å²) in [5, 5.41) is 4.37. The van der Waals surface area contributed by atoms with Gasteiger partial charge in [0.15, 0.2) is 0 Å². The Kier molecular flexibility index (Phi) is 3.55. The summed E-state index contributed by atoms with van der Waals surface area (Å²) < 4.78 is 3.12. The monoisotopic (exact) mass is 278 g/mol. The Morgan fingerprint density at radius 2 is 2.17 bits per heavy atom. The van der Waals surface area contributed by atoms with Gasteiger partial charge in [0, 0.05) is 12.2 Å². The van der Waals surface area contributed by atoms with Crippen LogP contribution in [0, 0.1) is 9.62 Å². The second kappa shape index (κ2) is 4.25. The Bertz CT molecular complexity index is 242.